The Balaban J connectivity index is 1.45. The summed E-state index contributed by atoms with van der Waals surface area (Å²) in [7, 11) is 1.34. The van der Waals surface area contributed by atoms with E-state index in [9.17, 15) is 9.59 Å². The molecule has 3 rings (SSSR count). The molecule has 0 fully saturated rings. The Hall–Kier alpha value is -3.86. The minimum atomic E-state index is -0.384. The van der Waals surface area contributed by atoms with Crippen LogP contribution in [0.4, 0.5) is 0 Å². The van der Waals surface area contributed by atoms with Crippen molar-refractivity contribution in [3.05, 3.63) is 107 Å². The molecule has 0 radical (unpaired) electrons. The molecular formula is C25H23NO4. The van der Waals surface area contributed by atoms with Crippen molar-refractivity contribution in [1.82, 2.24) is 5.32 Å². The second kappa shape index (κ2) is 10.6. The van der Waals surface area contributed by atoms with Crippen molar-refractivity contribution in [1.29, 1.82) is 0 Å². The van der Waals surface area contributed by atoms with Gasteiger partial charge in [0.05, 0.1) is 12.7 Å². The van der Waals surface area contributed by atoms with Crippen LogP contribution in [0.15, 0.2) is 84.9 Å². The van der Waals surface area contributed by atoms with Gasteiger partial charge < -0.3 is 14.8 Å². The Morgan fingerprint density at radius 3 is 2.23 bits per heavy atom. The molecule has 3 aromatic carbocycles. The molecule has 0 spiro atoms. The topological polar surface area (TPSA) is 64.6 Å². The maximum absolute atomic E-state index is 12.0. The highest BCUT2D eigenvalue weighted by Gasteiger charge is 2.04. The van der Waals surface area contributed by atoms with Gasteiger partial charge in [0.15, 0.2) is 0 Å². The minimum absolute atomic E-state index is 0.198. The van der Waals surface area contributed by atoms with Crippen LogP contribution in [0.25, 0.3) is 6.08 Å². The minimum Gasteiger partial charge on any atom is -0.489 e. The number of rotatable bonds is 8. The van der Waals surface area contributed by atoms with Gasteiger partial charge in [-0.1, -0.05) is 54.6 Å². The lowest BCUT2D eigenvalue weighted by molar-refractivity contribution is -0.116. The molecular weight excluding hydrogens is 378 g/mol. The van der Waals surface area contributed by atoms with E-state index in [0.717, 1.165) is 22.4 Å². The van der Waals surface area contributed by atoms with Gasteiger partial charge in [0.2, 0.25) is 5.91 Å². The molecule has 0 saturated heterocycles. The summed E-state index contributed by atoms with van der Waals surface area (Å²) in [5.41, 5.74) is 3.38. The number of ether oxygens (including phenoxy) is 2. The van der Waals surface area contributed by atoms with Crippen molar-refractivity contribution in [2.24, 2.45) is 0 Å². The van der Waals surface area contributed by atoms with Gasteiger partial charge in [0.1, 0.15) is 12.4 Å². The molecule has 1 N–H and O–H groups in total. The van der Waals surface area contributed by atoms with Crippen LogP contribution in [-0.4, -0.2) is 19.0 Å². The average Bonchev–Trinajstić information content (AvgIpc) is 2.81. The van der Waals surface area contributed by atoms with Crippen LogP contribution in [-0.2, 0) is 22.7 Å². The summed E-state index contributed by atoms with van der Waals surface area (Å²) in [5.74, 6) is 0.192. The van der Waals surface area contributed by atoms with E-state index in [1.807, 2.05) is 54.6 Å². The summed E-state index contributed by atoms with van der Waals surface area (Å²) in [6.45, 7) is 0.885. The van der Waals surface area contributed by atoms with E-state index < -0.39 is 0 Å². The number of benzene rings is 3. The van der Waals surface area contributed by atoms with Crippen molar-refractivity contribution in [3.63, 3.8) is 0 Å². The average molecular weight is 401 g/mol. The molecule has 0 atom stereocenters. The molecule has 0 unspecified atom stereocenters. The second-order valence-corrected chi connectivity index (χ2v) is 6.58. The molecule has 0 aromatic heterocycles. The Morgan fingerprint density at radius 2 is 1.57 bits per heavy atom. The monoisotopic (exact) mass is 401 g/mol. The quantitative estimate of drug-likeness (QED) is 0.449. The van der Waals surface area contributed by atoms with Crippen molar-refractivity contribution in [3.8, 4) is 5.75 Å². The Labute approximate surface area is 176 Å². The number of carbonyl (C=O) groups is 2. The van der Waals surface area contributed by atoms with Crippen LogP contribution in [0.5, 0.6) is 5.75 Å². The van der Waals surface area contributed by atoms with Gasteiger partial charge in [-0.15, -0.1) is 0 Å². The van der Waals surface area contributed by atoms with Crippen LogP contribution >= 0.6 is 0 Å². The van der Waals surface area contributed by atoms with Gasteiger partial charge in [-0.3, -0.25) is 4.79 Å². The summed E-state index contributed by atoms with van der Waals surface area (Å²) >= 11 is 0. The van der Waals surface area contributed by atoms with Crippen molar-refractivity contribution in [2.45, 2.75) is 13.2 Å². The summed E-state index contributed by atoms with van der Waals surface area (Å²) in [6, 6.07) is 24.4. The maximum atomic E-state index is 12.0. The van der Waals surface area contributed by atoms with Crippen LogP contribution in [0, 0.1) is 0 Å². The summed E-state index contributed by atoms with van der Waals surface area (Å²) in [5, 5.41) is 2.82. The number of nitrogens with one attached hydrogen (secondary N) is 1. The van der Waals surface area contributed by atoms with E-state index in [-0.39, 0.29) is 11.9 Å². The number of amides is 1. The Bertz CT molecular complexity index is 994. The lowest BCUT2D eigenvalue weighted by Crippen LogP contribution is -2.20. The molecule has 0 saturated carbocycles. The third-order valence-corrected chi connectivity index (χ3v) is 4.40. The van der Waals surface area contributed by atoms with Crippen LogP contribution in [0.3, 0.4) is 0 Å². The van der Waals surface area contributed by atoms with Gasteiger partial charge in [0.25, 0.3) is 0 Å². The number of carbonyl (C=O) groups excluding carboxylic acids is 2. The van der Waals surface area contributed by atoms with Crippen molar-refractivity contribution < 1.29 is 19.1 Å². The molecule has 152 valence electrons. The molecule has 0 aliphatic rings. The molecule has 1 amide bonds. The summed E-state index contributed by atoms with van der Waals surface area (Å²) in [6.07, 6.45) is 3.24. The lowest BCUT2D eigenvalue weighted by atomic mass is 10.1. The van der Waals surface area contributed by atoms with Gasteiger partial charge >= 0.3 is 5.97 Å². The van der Waals surface area contributed by atoms with Gasteiger partial charge in [-0.05, 0) is 47.0 Å². The van der Waals surface area contributed by atoms with Crippen LogP contribution in [0.2, 0.25) is 0 Å². The smallest absolute Gasteiger partial charge is 0.337 e. The zero-order chi connectivity index (χ0) is 21.2. The SMILES string of the molecule is COC(=O)c1ccc(CNC(=O)/C=C/c2ccc(OCc3ccccc3)cc2)cc1. The number of methoxy groups -OCH3 is 1. The second-order valence-electron chi connectivity index (χ2n) is 6.58. The molecule has 0 aliphatic carbocycles. The molecule has 0 heterocycles. The largest absolute Gasteiger partial charge is 0.489 e. The van der Waals surface area contributed by atoms with Crippen molar-refractivity contribution >= 4 is 18.0 Å². The van der Waals surface area contributed by atoms with Crippen molar-refractivity contribution in [2.75, 3.05) is 7.11 Å². The van der Waals surface area contributed by atoms with E-state index in [2.05, 4.69) is 10.1 Å². The van der Waals surface area contributed by atoms with E-state index >= 15 is 0 Å². The van der Waals surface area contributed by atoms with E-state index in [4.69, 9.17) is 4.74 Å². The van der Waals surface area contributed by atoms with E-state index in [1.54, 1.807) is 30.3 Å². The predicted molar refractivity (Wildman–Crippen MR) is 116 cm³/mol. The first-order valence-electron chi connectivity index (χ1n) is 9.54. The van der Waals surface area contributed by atoms with Crippen LogP contribution < -0.4 is 10.1 Å². The highest BCUT2D eigenvalue weighted by atomic mass is 16.5. The highest BCUT2D eigenvalue weighted by Crippen LogP contribution is 2.15. The number of esters is 1. The molecule has 5 heteroatoms. The first-order valence-corrected chi connectivity index (χ1v) is 9.54. The first kappa shape index (κ1) is 20.9. The molecule has 30 heavy (non-hydrogen) atoms. The fourth-order valence-corrected chi connectivity index (χ4v) is 2.71. The summed E-state index contributed by atoms with van der Waals surface area (Å²) < 4.78 is 10.4. The first-order chi connectivity index (χ1) is 14.6. The van der Waals surface area contributed by atoms with E-state index in [0.29, 0.717) is 18.7 Å². The third-order valence-electron chi connectivity index (χ3n) is 4.40. The number of hydrogen-bond donors (Lipinski definition) is 1. The van der Waals surface area contributed by atoms with Gasteiger partial charge in [0, 0.05) is 12.6 Å². The van der Waals surface area contributed by atoms with Crippen LogP contribution in [0.1, 0.15) is 27.0 Å². The highest BCUT2D eigenvalue weighted by molar-refractivity contribution is 5.91. The van der Waals surface area contributed by atoms with E-state index in [1.165, 1.54) is 13.2 Å². The standard InChI is InChI=1S/C25H23NO4/c1-29-25(28)22-12-7-20(8-13-22)17-26-24(27)16-11-19-9-14-23(15-10-19)30-18-21-5-3-2-4-6-21/h2-16H,17-18H2,1H3,(H,26,27)/b16-11+. The fraction of sp³-hybridized carbons (Fsp3) is 0.120. The van der Waals surface area contributed by atoms with Gasteiger partial charge in [-0.25, -0.2) is 4.79 Å². The third kappa shape index (κ3) is 6.34. The normalized spacial score (nSPS) is 10.6. The Kier molecular flexibility index (Phi) is 7.39. The lowest BCUT2D eigenvalue weighted by Gasteiger charge is -2.06. The zero-order valence-corrected chi connectivity index (χ0v) is 16.7. The van der Waals surface area contributed by atoms with Gasteiger partial charge in [-0.2, -0.15) is 0 Å². The molecule has 5 nitrogen and oxygen atoms in total. The number of hydrogen-bond acceptors (Lipinski definition) is 4. The zero-order valence-electron chi connectivity index (χ0n) is 16.7. The summed E-state index contributed by atoms with van der Waals surface area (Å²) in [4.78, 5) is 23.5. The fourth-order valence-electron chi connectivity index (χ4n) is 2.71. The molecule has 0 bridgehead atoms. The molecule has 3 aromatic rings. The predicted octanol–water partition coefficient (Wildman–Crippen LogP) is 4.38. The maximum Gasteiger partial charge on any atom is 0.337 e. The Morgan fingerprint density at radius 1 is 0.867 bits per heavy atom. The molecule has 0 aliphatic heterocycles.